The number of fused-ring (bicyclic) bond motifs is 1. The summed E-state index contributed by atoms with van der Waals surface area (Å²) in [5, 5.41) is 0. The van der Waals surface area contributed by atoms with E-state index in [1.807, 2.05) is 0 Å². The van der Waals surface area contributed by atoms with Gasteiger partial charge < -0.3 is 28.5 Å². The third-order valence-electron chi connectivity index (χ3n) is 3.76. The zero-order chi connectivity index (χ0) is 14.8. The fourth-order valence-corrected chi connectivity index (χ4v) is 3.25. The Labute approximate surface area is 122 Å². The third kappa shape index (κ3) is 2.19. The van der Waals surface area contributed by atoms with E-state index in [1.165, 1.54) is 0 Å². The zero-order valence-corrected chi connectivity index (χ0v) is 12.7. The van der Waals surface area contributed by atoms with E-state index < -0.39 is 41.1 Å². The predicted octanol–water partition coefficient (Wildman–Crippen LogP) is 1.19. The van der Waals surface area contributed by atoms with Gasteiger partial charge in [-0.05, 0) is 27.7 Å². The molecule has 3 aliphatic heterocycles. The highest BCUT2D eigenvalue weighted by Crippen LogP contribution is 2.48. The first kappa shape index (κ1) is 14.7. The Morgan fingerprint density at radius 3 is 2.30 bits per heavy atom. The van der Waals surface area contributed by atoms with Gasteiger partial charge in [-0.15, -0.1) is 11.6 Å². The Balaban J connectivity index is 1.83. The Morgan fingerprint density at radius 2 is 1.75 bits per heavy atom. The van der Waals surface area contributed by atoms with E-state index in [-0.39, 0.29) is 0 Å². The van der Waals surface area contributed by atoms with Crippen molar-refractivity contribution >= 4 is 17.9 Å². The largest absolute Gasteiger partial charge is 0.348 e. The van der Waals surface area contributed by atoms with E-state index in [0.717, 1.165) is 0 Å². The second kappa shape index (κ2) is 4.38. The van der Waals surface area contributed by atoms with Gasteiger partial charge in [-0.1, -0.05) is 0 Å². The summed E-state index contributed by atoms with van der Waals surface area (Å²) in [6.45, 7) is 7.42. The number of halogens is 1. The lowest BCUT2D eigenvalue weighted by molar-refractivity contribution is -0.223. The summed E-state index contributed by atoms with van der Waals surface area (Å²) in [4.78, 5) is 10.2. The second-order valence-corrected chi connectivity index (χ2v) is 6.95. The summed E-state index contributed by atoms with van der Waals surface area (Å²) in [5.74, 6) is -1.54. The molecule has 3 rings (SSSR count). The summed E-state index contributed by atoms with van der Waals surface area (Å²) >= 11 is 6.49. The van der Waals surface area contributed by atoms with Crippen molar-refractivity contribution in [3.05, 3.63) is 0 Å². The lowest BCUT2D eigenvalue weighted by atomic mass is 9.95. The lowest BCUT2D eigenvalue weighted by Crippen LogP contribution is -2.51. The topological polar surface area (TPSA) is 63.2 Å². The maximum absolute atomic E-state index is 11.6. The van der Waals surface area contributed by atoms with Crippen LogP contribution < -0.4 is 0 Å². The first-order chi connectivity index (χ1) is 9.17. The van der Waals surface area contributed by atoms with Crippen LogP contribution in [0.3, 0.4) is 0 Å². The molecule has 0 unspecified atom stereocenters. The molecule has 114 valence electrons. The number of aldehydes is 1. The average Bonchev–Trinajstić information content (AvgIpc) is 2.91. The average molecular weight is 307 g/mol. The van der Waals surface area contributed by atoms with Crippen LogP contribution in [0.5, 0.6) is 0 Å². The Bertz CT molecular complexity index is 425. The molecule has 3 heterocycles. The van der Waals surface area contributed by atoms with Crippen LogP contribution in [0.2, 0.25) is 0 Å². The molecular weight excluding hydrogens is 288 g/mol. The minimum absolute atomic E-state index is 0.308. The Morgan fingerprint density at radius 1 is 1.05 bits per heavy atom. The number of rotatable bonds is 2. The molecule has 0 spiro atoms. The van der Waals surface area contributed by atoms with Gasteiger partial charge in [0.2, 0.25) is 0 Å². The molecule has 7 heteroatoms. The summed E-state index contributed by atoms with van der Waals surface area (Å²) in [6, 6.07) is 0. The SMILES string of the molecule is CC1(C)OC[C@H]([C@H]2O[C@@H]3OC(C)(C)O[C@@H]3[C@]2(Cl)C=O)O1. The van der Waals surface area contributed by atoms with Crippen LogP contribution >= 0.6 is 11.6 Å². The van der Waals surface area contributed by atoms with Crippen molar-refractivity contribution < 1.29 is 28.5 Å². The molecule has 3 aliphatic rings. The van der Waals surface area contributed by atoms with Crippen molar-refractivity contribution in [2.75, 3.05) is 6.61 Å². The lowest BCUT2D eigenvalue weighted by Gasteiger charge is -2.31. The molecule has 0 aromatic rings. The molecule has 0 radical (unpaired) electrons. The summed E-state index contributed by atoms with van der Waals surface area (Å²) in [5.41, 5.74) is 0. The molecular formula is C13H19ClO6. The Hall–Kier alpha value is -0.240. The molecule has 0 saturated carbocycles. The fraction of sp³-hybridized carbons (Fsp3) is 0.923. The van der Waals surface area contributed by atoms with Crippen molar-refractivity contribution in [2.45, 2.75) is 68.7 Å². The summed E-state index contributed by atoms with van der Waals surface area (Å²) in [7, 11) is 0. The van der Waals surface area contributed by atoms with Gasteiger partial charge >= 0.3 is 0 Å². The second-order valence-electron chi connectivity index (χ2n) is 6.29. The fourth-order valence-electron chi connectivity index (χ4n) is 2.91. The minimum Gasteiger partial charge on any atom is -0.348 e. The molecule has 0 aliphatic carbocycles. The van der Waals surface area contributed by atoms with Crippen molar-refractivity contribution in [3.8, 4) is 0 Å². The molecule has 20 heavy (non-hydrogen) atoms. The molecule has 3 saturated heterocycles. The van der Waals surface area contributed by atoms with E-state index in [2.05, 4.69) is 0 Å². The number of hydrogen-bond donors (Lipinski definition) is 0. The molecule has 0 aromatic heterocycles. The quantitative estimate of drug-likeness (QED) is 0.564. The maximum Gasteiger partial charge on any atom is 0.189 e. The summed E-state index contributed by atoms with van der Waals surface area (Å²) < 4.78 is 28.4. The van der Waals surface area contributed by atoms with Gasteiger partial charge in [-0.25, -0.2) is 0 Å². The van der Waals surface area contributed by atoms with E-state index in [0.29, 0.717) is 12.9 Å². The van der Waals surface area contributed by atoms with Crippen molar-refractivity contribution in [1.82, 2.24) is 0 Å². The standard InChI is InChI=1S/C13H19ClO6/c1-11(2)16-5-7(18-11)8-13(14,6-15)9-10(17-8)20-12(3,4)19-9/h6-10H,5H2,1-4H3/t7-,8-,9+,10-,13+/m1/s1. The van der Waals surface area contributed by atoms with E-state index >= 15 is 0 Å². The van der Waals surface area contributed by atoms with Gasteiger partial charge in [0, 0.05) is 0 Å². The molecule has 6 nitrogen and oxygen atoms in total. The number of hydrogen-bond acceptors (Lipinski definition) is 6. The van der Waals surface area contributed by atoms with Crippen molar-refractivity contribution in [2.24, 2.45) is 0 Å². The van der Waals surface area contributed by atoms with Crippen molar-refractivity contribution in [1.29, 1.82) is 0 Å². The highest BCUT2D eigenvalue weighted by molar-refractivity contribution is 6.33. The summed E-state index contributed by atoms with van der Waals surface area (Å²) in [6.07, 6.45) is -1.79. The van der Waals surface area contributed by atoms with Crippen LogP contribution in [-0.2, 0) is 28.5 Å². The molecule has 5 atom stereocenters. The van der Waals surface area contributed by atoms with Crippen LogP contribution in [0.15, 0.2) is 0 Å². The van der Waals surface area contributed by atoms with Crippen molar-refractivity contribution in [3.63, 3.8) is 0 Å². The first-order valence-corrected chi connectivity index (χ1v) is 7.03. The monoisotopic (exact) mass is 306 g/mol. The van der Waals surface area contributed by atoms with Crippen LogP contribution in [0, 0.1) is 0 Å². The number of carbonyl (C=O) groups excluding carboxylic acids is 1. The van der Waals surface area contributed by atoms with Crippen LogP contribution in [0.1, 0.15) is 27.7 Å². The van der Waals surface area contributed by atoms with Crippen LogP contribution in [-0.4, -0.2) is 53.9 Å². The van der Waals surface area contributed by atoms with Gasteiger partial charge in [-0.3, -0.25) is 0 Å². The zero-order valence-electron chi connectivity index (χ0n) is 11.9. The van der Waals surface area contributed by atoms with E-state index in [4.69, 9.17) is 35.3 Å². The number of carbonyl (C=O) groups is 1. The minimum atomic E-state index is -1.34. The number of ether oxygens (including phenoxy) is 5. The van der Waals surface area contributed by atoms with Gasteiger partial charge in [0.15, 0.2) is 22.7 Å². The smallest absolute Gasteiger partial charge is 0.189 e. The van der Waals surface area contributed by atoms with Gasteiger partial charge in [0.25, 0.3) is 0 Å². The highest BCUT2D eigenvalue weighted by Gasteiger charge is 2.66. The third-order valence-corrected chi connectivity index (χ3v) is 4.28. The normalized spacial score (nSPS) is 49.2. The highest BCUT2D eigenvalue weighted by atomic mass is 35.5. The molecule has 0 N–H and O–H groups in total. The molecule has 0 amide bonds. The van der Waals surface area contributed by atoms with Gasteiger partial charge in [0.1, 0.15) is 24.6 Å². The van der Waals surface area contributed by atoms with Gasteiger partial charge in [0.05, 0.1) is 6.61 Å². The van der Waals surface area contributed by atoms with E-state index in [9.17, 15) is 4.79 Å². The van der Waals surface area contributed by atoms with Crippen LogP contribution in [0.25, 0.3) is 0 Å². The Kier molecular flexibility index (Phi) is 3.22. The first-order valence-electron chi connectivity index (χ1n) is 6.65. The van der Waals surface area contributed by atoms with Gasteiger partial charge in [-0.2, -0.15) is 0 Å². The molecule has 0 bridgehead atoms. The molecule has 3 fully saturated rings. The van der Waals surface area contributed by atoms with E-state index in [1.54, 1.807) is 27.7 Å². The number of alkyl halides is 1. The van der Waals surface area contributed by atoms with Crippen LogP contribution in [0.4, 0.5) is 0 Å². The molecule has 0 aromatic carbocycles. The maximum atomic E-state index is 11.6. The predicted molar refractivity (Wildman–Crippen MR) is 68.3 cm³/mol.